The van der Waals surface area contributed by atoms with E-state index >= 15 is 0 Å². The van der Waals surface area contributed by atoms with Crippen LogP contribution in [0.4, 0.5) is 0 Å². The van der Waals surface area contributed by atoms with Gasteiger partial charge in [-0.05, 0) is 52.7 Å². The summed E-state index contributed by atoms with van der Waals surface area (Å²) in [4.78, 5) is 8.95. The van der Waals surface area contributed by atoms with E-state index in [1.54, 1.807) is 0 Å². The van der Waals surface area contributed by atoms with Gasteiger partial charge >= 0.3 is 0 Å². The molecule has 0 aliphatic heterocycles. The van der Waals surface area contributed by atoms with E-state index in [1.807, 2.05) is 43.8 Å². The number of aromatic nitrogens is 3. The molecule has 0 bridgehead atoms. The fourth-order valence-electron chi connectivity index (χ4n) is 2.66. The molecule has 0 aromatic carbocycles. The Morgan fingerprint density at radius 1 is 1.26 bits per heavy atom. The molecule has 2 heterocycles. The molecule has 0 spiro atoms. The summed E-state index contributed by atoms with van der Waals surface area (Å²) < 4.78 is 7.62. The topological polar surface area (TPSA) is 76.4 Å². The average molecular weight is 373 g/mol. The van der Waals surface area contributed by atoms with Crippen molar-refractivity contribution in [2.75, 3.05) is 13.1 Å². The van der Waals surface area contributed by atoms with E-state index in [-0.39, 0.29) is 6.10 Å². The van der Waals surface area contributed by atoms with Gasteiger partial charge in [-0.2, -0.15) is 5.10 Å². The van der Waals surface area contributed by atoms with Crippen molar-refractivity contribution in [3.05, 3.63) is 41.3 Å². The molecule has 0 saturated heterocycles. The first-order valence-corrected chi connectivity index (χ1v) is 9.62. The molecule has 0 atom stereocenters. The van der Waals surface area contributed by atoms with E-state index in [2.05, 4.69) is 45.6 Å². The molecule has 148 valence electrons. The molecular formula is C20H32N6O. The molecule has 2 aromatic heterocycles. The second-order valence-electron chi connectivity index (χ2n) is 6.80. The van der Waals surface area contributed by atoms with Crippen LogP contribution in [0.2, 0.25) is 0 Å². The summed E-state index contributed by atoms with van der Waals surface area (Å²) in [5.74, 6) is 1.46. The quantitative estimate of drug-likeness (QED) is 0.402. The van der Waals surface area contributed by atoms with Gasteiger partial charge in [0.15, 0.2) is 5.96 Å². The van der Waals surface area contributed by atoms with E-state index in [9.17, 15) is 0 Å². The molecule has 0 unspecified atom stereocenters. The van der Waals surface area contributed by atoms with E-state index < -0.39 is 0 Å². The maximum Gasteiger partial charge on any atom is 0.213 e. The second kappa shape index (κ2) is 10.5. The summed E-state index contributed by atoms with van der Waals surface area (Å²) in [6, 6.07) is 5.99. The number of nitrogens with one attached hydrogen (secondary N) is 2. The maximum absolute atomic E-state index is 5.57. The fraction of sp³-hybridized carbons (Fsp3) is 0.550. The van der Waals surface area contributed by atoms with Crippen molar-refractivity contribution in [1.82, 2.24) is 25.4 Å². The Morgan fingerprint density at radius 2 is 2.07 bits per heavy atom. The number of hydrogen-bond donors (Lipinski definition) is 2. The molecule has 0 fully saturated rings. The lowest BCUT2D eigenvalue weighted by molar-refractivity contribution is 0.232. The van der Waals surface area contributed by atoms with Crippen LogP contribution in [0.1, 0.15) is 44.1 Å². The average Bonchev–Trinajstić information content (AvgIpc) is 2.94. The van der Waals surface area contributed by atoms with Crippen molar-refractivity contribution >= 4 is 5.96 Å². The van der Waals surface area contributed by atoms with Crippen LogP contribution in [0.5, 0.6) is 5.88 Å². The van der Waals surface area contributed by atoms with Crippen molar-refractivity contribution in [3.8, 4) is 5.88 Å². The minimum Gasteiger partial charge on any atom is -0.475 e. The van der Waals surface area contributed by atoms with Gasteiger partial charge in [0.25, 0.3) is 0 Å². The number of rotatable bonds is 9. The summed E-state index contributed by atoms with van der Waals surface area (Å²) in [6.45, 7) is 13.3. The van der Waals surface area contributed by atoms with Crippen LogP contribution >= 0.6 is 0 Å². The third kappa shape index (κ3) is 7.29. The van der Waals surface area contributed by atoms with E-state index in [0.29, 0.717) is 12.4 Å². The van der Waals surface area contributed by atoms with Crippen LogP contribution in [0.25, 0.3) is 0 Å². The Hall–Kier alpha value is -2.57. The Morgan fingerprint density at radius 3 is 2.67 bits per heavy atom. The Kier molecular flexibility index (Phi) is 8.10. The molecule has 2 aromatic rings. The number of pyridine rings is 1. The van der Waals surface area contributed by atoms with Gasteiger partial charge < -0.3 is 15.4 Å². The zero-order valence-electron chi connectivity index (χ0n) is 17.1. The lowest BCUT2D eigenvalue weighted by atomic mass is 10.3. The van der Waals surface area contributed by atoms with E-state index in [4.69, 9.17) is 4.74 Å². The van der Waals surface area contributed by atoms with Gasteiger partial charge in [-0.25, -0.2) is 9.98 Å². The summed E-state index contributed by atoms with van der Waals surface area (Å²) in [6.07, 6.45) is 2.92. The second-order valence-corrected chi connectivity index (χ2v) is 6.80. The summed E-state index contributed by atoms with van der Waals surface area (Å²) in [5.41, 5.74) is 3.31. The van der Waals surface area contributed by atoms with Crippen LogP contribution in [0.15, 0.2) is 29.4 Å². The molecular weight excluding hydrogens is 340 g/mol. The smallest absolute Gasteiger partial charge is 0.213 e. The summed E-state index contributed by atoms with van der Waals surface area (Å²) in [7, 11) is 0. The predicted octanol–water partition coefficient (Wildman–Crippen LogP) is 2.83. The number of guanidine groups is 1. The van der Waals surface area contributed by atoms with Crippen LogP contribution in [0.3, 0.4) is 0 Å². The highest BCUT2D eigenvalue weighted by molar-refractivity contribution is 5.79. The fourth-order valence-corrected chi connectivity index (χ4v) is 2.66. The first kappa shape index (κ1) is 20.7. The highest BCUT2D eigenvalue weighted by Gasteiger charge is 2.03. The third-order valence-electron chi connectivity index (χ3n) is 3.86. The van der Waals surface area contributed by atoms with Crippen LogP contribution in [-0.2, 0) is 13.1 Å². The normalized spacial score (nSPS) is 11.7. The first-order valence-electron chi connectivity index (χ1n) is 9.62. The number of aryl methyl sites for hydroxylation is 3. The van der Waals surface area contributed by atoms with Crippen molar-refractivity contribution in [1.29, 1.82) is 0 Å². The van der Waals surface area contributed by atoms with Crippen molar-refractivity contribution in [2.45, 2.75) is 60.2 Å². The Balaban J connectivity index is 1.81. The zero-order valence-corrected chi connectivity index (χ0v) is 17.1. The largest absolute Gasteiger partial charge is 0.475 e. The van der Waals surface area contributed by atoms with Gasteiger partial charge in [-0.15, -0.1) is 0 Å². The van der Waals surface area contributed by atoms with Gasteiger partial charge in [0.2, 0.25) is 5.88 Å². The first-order chi connectivity index (χ1) is 13.0. The molecule has 2 rings (SSSR count). The Bertz CT molecular complexity index is 721. The third-order valence-corrected chi connectivity index (χ3v) is 3.86. The molecule has 0 amide bonds. The molecule has 2 N–H and O–H groups in total. The monoisotopic (exact) mass is 372 g/mol. The van der Waals surface area contributed by atoms with Gasteiger partial charge in [0.05, 0.1) is 18.3 Å². The SMILES string of the molecule is CCNC(=NCc1ccc(OC(C)C)nc1)NCCCn1nc(C)cc1C. The predicted molar refractivity (Wildman–Crippen MR) is 109 cm³/mol. The van der Waals surface area contributed by atoms with Crippen molar-refractivity contribution < 1.29 is 4.74 Å². The minimum atomic E-state index is 0.125. The standard InChI is InChI=1S/C20H32N6O/c1-6-21-20(22-10-7-11-26-17(5)12-16(4)25-26)24-14-18-8-9-19(23-13-18)27-15(2)3/h8-9,12-13,15H,6-7,10-11,14H2,1-5H3,(H2,21,22,24). The molecule has 0 radical (unpaired) electrons. The summed E-state index contributed by atoms with van der Waals surface area (Å²) >= 11 is 0. The molecule has 7 nitrogen and oxygen atoms in total. The lowest BCUT2D eigenvalue weighted by Crippen LogP contribution is -2.38. The van der Waals surface area contributed by atoms with Crippen molar-refractivity contribution in [3.63, 3.8) is 0 Å². The highest BCUT2D eigenvalue weighted by Crippen LogP contribution is 2.10. The maximum atomic E-state index is 5.57. The number of aliphatic imine (C=N–C) groups is 1. The molecule has 27 heavy (non-hydrogen) atoms. The summed E-state index contributed by atoms with van der Waals surface area (Å²) in [5, 5.41) is 11.1. The molecule has 0 aliphatic rings. The van der Waals surface area contributed by atoms with Crippen LogP contribution < -0.4 is 15.4 Å². The number of nitrogens with zero attached hydrogens (tertiary/aromatic N) is 4. The molecule has 7 heteroatoms. The number of ether oxygens (including phenoxy) is 1. The van der Waals surface area contributed by atoms with Gasteiger partial charge in [0.1, 0.15) is 0 Å². The van der Waals surface area contributed by atoms with Gasteiger partial charge in [0, 0.05) is 37.6 Å². The van der Waals surface area contributed by atoms with Crippen LogP contribution in [0, 0.1) is 13.8 Å². The van der Waals surface area contributed by atoms with Gasteiger partial charge in [-0.1, -0.05) is 6.07 Å². The van der Waals surface area contributed by atoms with E-state index in [0.717, 1.165) is 43.3 Å². The molecule has 0 aliphatic carbocycles. The van der Waals surface area contributed by atoms with E-state index in [1.165, 1.54) is 5.69 Å². The Labute approximate surface area is 162 Å². The number of hydrogen-bond acceptors (Lipinski definition) is 4. The van der Waals surface area contributed by atoms with Gasteiger partial charge in [-0.3, -0.25) is 4.68 Å². The zero-order chi connectivity index (χ0) is 19.6. The van der Waals surface area contributed by atoms with Crippen molar-refractivity contribution in [2.24, 2.45) is 4.99 Å². The molecule has 0 saturated carbocycles. The lowest BCUT2D eigenvalue weighted by Gasteiger charge is -2.12. The minimum absolute atomic E-state index is 0.125. The van der Waals surface area contributed by atoms with Crippen LogP contribution in [-0.4, -0.2) is 39.9 Å². The highest BCUT2D eigenvalue weighted by atomic mass is 16.5.